The summed E-state index contributed by atoms with van der Waals surface area (Å²) < 4.78 is 18.3. The highest BCUT2D eigenvalue weighted by atomic mass is 35.5. The summed E-state index contributed by atoms with van der Waals surface area (Å²) in [5.41, 5.74) is 7.54. The quantitative estimate of drug-likeness (QED) is 0.695. The first-order valence-corrected chi connectivity index (χ1v) is 6.36. The van der Waals surface area contributed by atoms with Crippen LogP contribution in [0, 0.1) is 5.82 Å². The highest BCUT2D eigenvalue weighted by molar-refractivity contribution is 6.30. The minimum absolute atomic E-state index is 0.00916. The van der Waals surface area contributed by atoms with Gasteiger partial charge in [-0.25, -0.2) is 4.39 Å². The van der Waals surface area contributed by atoms with E-state index in [-0.39, 0.29) is 18.1 Å². The number of nitrogen functional groups attached to an aromatic ring is 1. The Morgan fingerprint density at radius 1 is 1.20 bits per heavy atom. The molecule has 0 radical (unpaired) electrons. The van der Waals surface area contributed by atoms with Crippen molar-refractivity contribution < 1.29 is 13.9 Å². The minimum atomic E-state index is -0.531. The molecule has 2 aromatic rings. The third-order valence-corrected chi connectivity index (χ3v) is 2.99. The summed E-state index contributed by atoms with van der Waals surface area (Å²) in [5.74, 6) is -0.929. The number of hydrogen-bond donors (Lipinski definition) is 1. The van der Waals surface area contributed by atoms with Crippen LogP contribution in [-0.2, 0) is 22.6 Å². The van der Waals surface area contributed by atoms with Crippen molar-refractivity contribution >= 4 is 23.3 Å². The zero-order valence-electron chi connectivity index (χ0n) is 10.6. The van der Waals surface area contributed by atoms with Gasteiger partial charge >= 0.3 is 5.97 Å². The summed E-state index contributed by atoms with van der Waals surface area (Å²) >= 11 is 5.57. The lowest BCUT2D eigenvalue weighted by Crippen LogP contribution is -2.08. The monoisotopic (exact) mass is 293 g/mol. The predicted octanol–water partition coefficient (Wildman–Crippen LogP) is 3.35. The Morgan fingerprint density at radius 3 is 2.70 bits per heavy atom. The zero-order valence-corrected chi connectivity index (χ0v) is 11.4. The molecule has 0 bridgehead atoms. The van der Waals surface area contributed by atoms with Crippen molar-refractivity contribution in [1.82, 2.24) is 0 Å². The summed E-state index contributed by atoms with van der Waals surface area (Å²) in [4.78, 5) is 11.7. The zero-order chi connectivity index (χ0) is 14.5. The Labute approximate surface area is 121 Å². The standard InChI is InChI=1S/C15H13ClFNO2/c16-13-5-4-11(7-14(13)17)9-20-15(19)8-10-2-1-3-12(18)6-10/h1-7H,8-9,18H2. The minimum Gasteiger partial charge on any atom is -0.461 e. The Kier molecular flexibility index (Phi) is 4.58. The van der Waals surface area contributed by atoms with Gasteiger partial charge in [-0.3, -0.25) is 4.79 Å². The molecule has 0 unspecified atom stereocenters. The summed E-state index contributed by atoms with van der Waals surface area (Å²) in [6.07, 6.45) is 0.126. The molecular formula is C15H13ClFNO2. The van der Waals surface area contributed by atoms with E-state index in [2.05, 4.69) is 0 Å². The van der Waals surface area contributed by atoms with Crippen LogP contribution in [0.25, 0.3) is 0 Å². The van der Waals surface area contributed by atoms with E-state index in [1.54, 1.807) is 30.3 Å². The average Bonchev–Trinajstić information content (AvgIpc) is 2.40. The molecule has 2 N–H and O–H groups in total. The van der Waals surface area contributed by atoms with Crippen molar-refractivity contribution in [2.75, 3.05) is 5.73 Å². The number of carbonyl (C=O) groups excluding carboxylic acids is 1. The van der Waals surface area contributed by atoms with E-state index in [4.69, 9.17) is 22.1 Å². The van der Waals surface area contributed by atoms with Crippen LogP contribution in [0.3, 0.4) is 0 Å². The molecule has 0 aliphatic carbocycles. The fourth-order valence-corrected chi connectivity index (χ4v) is 1.83. The van der Waals surface area contributed by atoms with Crippen molar-refractivity contribution in [2.45, 2.75) is 13.0 Å². The molecule has 0 atom stereocenters. The molecule has 0 saturated carbocycles. The van der Waals surface area contributed by atoms with Crippen molar-refractivity contribution in [2.24, 2.45) is 0 Å². The molecule has 0 amide bonds. The van der Waals surface area contributed by atoms with E-state index in [1.807, 2.05) is 0 Å². The lowest BCUT2D eigenvalue weighted by atomic mass is 10.1. The van der Waals surface area contributed by atoms with Gasteiger partial charge in [0.25, 0.3) is 0 Å². The fourth-order valence-electron chi connectivity index (χ4n) is 1.71. The first-order valence-electron chi connectivity index (χ1n) is 5.98. The van der Waals surface area contributed by atoms with Gasteiger partial charge in [0.2, 0.25) is 0 Å². The molecule has 20 heavy (non-hydrogen) atoms. The van der Waals surface area contributed by atoms with Crippen LogP contribution < -0.4 is 5.73 Å². The van der Waals surface area contributed by atoms with E-state index in [1.165, 1.54) is 12.1 Å². The number of nitrogens with two attached hydrogens (primary N) is 1. The number of esters is 1. The maximum atomic E-state index is 13.2. The molecule has 0 fully saturated rings. The maximum absolute atomic E-state index is 13.2. The van der Waals surface area contributed by atoms with E-state index < -0.39 is 11.8 Å². The second-order valence-corrected chi connectivity index (χ2v) is 4.74. The highest BCUT2D eigenvalue weighted by Crippen LogP contribution is 2.16. The lowest BCUT2D eigenvalue weighted by Gasteiger charge is -2.06. The summed E-state index contributed by atoms with van der Waals surface area (Å²) in [6.45, 7) is 0.00916. The second-order valence-electron chi connectivity index (χ2n) is 4.33. The number of carbonyl (C=O) groups is 1. The van der Waals surface area contributed by atoms with Crippen LogP contribution in [0.4, 0.5) is 10.1 Å². The molecule has 3 nitrogen and oxygen atoms in total. The van der Waals surface area contributed by atoms with Gasteiger partial charge in [0.1, 0.15) is 12.4 Å². The largest absolute Gasteiger partial charge is 0.461 e. The molecule has 2 aromatic carbocycles. The molecule has 0 heterocycles. The SMILES string of the molecule is Nc1cccc(CC(=O)OCc2ccc(Cl)c(F)c2)c1. The van der Waals surface area contributed by atoms with Gasteiger partial charge < -0.3 is 10.5 Å². The third-order valence-electron chi connectivity index (χ3n) is 2.68. The molecular weight excluding hydrogens is 281 g/mol. The number of ether oxygens (including phenoxy) is 1. The smallest absolute Gasteiger partial charge is 0.310 e. The Morgan fingerprint density at radius 2 is 2.00 bits per heavy atom. The summed E-state index contributed by atoms with van der Waals surface area (Å²) in [6, 6.07) is 11.3. The van der Waals surface area contributed by atoms with E-state index in [0.29, 0.717) is 11.3 Å². The van der Waals surface area contributed by atoms with Gasteiger partial charge in [-0.1, -0.05) is 29.8 Å². The van der Waals surface area contributed by atoms with Gasteiger partial charge in [-0.2, -0.15) is 0 Å². The van der Waals surface area contributed by atoms with Crippen molar-refractivity contribution in [3.05, 3.63) is 64.4 Å². The first kappa shape index (κ1) is 14.3. The Balaban J connectivity index is 1.90. The summed E-state index contributed by atoms with van der Waals surface area (Å²) in [5, 5.41) is 0.0415. The normalized spacial score (nSPS) is 10.3. The molecule has 5 heteroatoms. The number of benzene rings is 2. The molecule has 104 valence electrons. The Bertz CT molecular complexity index is 631. The molecule has 0 spiro atoms. The maximum Gasteiger partial charge on any atom is 0.310 e. The number of anilines is 1. The molecule has 0 aliphatic heterocycles. The average molecular weight is 294 g/mol. The predicted molar refractivity (Wildman–Crippen MR) is 75.8 cm³/mol. The van der Waals surface area contributed by atoms with Crippen LogP contribution in [0.5, 0.6) is 0 Å². The van der Waals surface area contributed by atoms with Gasteiger partial charge in [0.15, 0.2) is 0 Å². The van der Waals surface area contributed by atoms with E-state index in [0.717, 1.165) is 5.56 Å². The van der Waals surface area contributed by atoms with Gasteiger partial charge in [-0.05, 0) is 35.4 Å². The van der Waals surface area contributed by atoms with Crippen LogP contribution in [0.2, 0.25) is 5.02 Å². The van der Waals surface area contributed by atoms with Gasteiger partial charge in [0.05, 0.1) is 11.4 Å². The van der Waals surface area contributed by atoms with E-state index in [9.17, 15) is 9.18 Å². The van der Waals surface area contributed by atoms with Crippen LogP contribution >= 0.6 is 11.6 Å². The highest BCUT2D eigenvalue weighted by Gasteiger charge is 2.07. The molecule has 0 aliphatic rings. The topological polar surface area (TPSA) is 52.3 Å². The fraction of sp³-hybridized carbons (Fsp3) is 0.133. The van der Waals surface area contributed by atoms with Crippen molar-refractivity contribution in [3.63, 3.8) is 0 Å². The van der Waals surface area contributed by atoms with Crippen molar-refractivity contribution in [3.8, 4) is 0 Å². The first-order chi connectivity index (χ1) is 9.54. The Hall–Kier alpha value is -2.07. The molecule has 0 aromatic heterocycles. The summed E-state index contributed by atoms with van der Waals surface area (Å²) in [7, 11) is 0. The van der Waals surface area contributed by atoms with Crippen LogP contribution in [-0.4, -0.2) is 5.97 Å². The van der Waals surface area contributed by atoms with E-state index >= 15 is 0 Å². The van der Waals surface area contributed by atoms with Crippen molar-refractivity contribution in [1.29, 1.82) is 0 Å². The van der Waals surface area contributed by atoms with Crippen LogP contribution in [0.15, 0.2) is 42.5 Å². The number of halogens is 2. The van der Waals surface area contributed by atoms with Gasteiger partial charge in [0, 0.05) is 5.69 Å². The number of rotatable bonds is 4. The molecule has 2 rings (SSSR count). The molecule has 0 saturated heterocycles. The van der Waals surface area contributed by atoms with Crippen LogP contribution in [0.1, 0.15) is 11.1 Å². The second kappa shape index (κ2) is 6.39. The lowest BCUT2D eigenvalue weighted by molar-refractivity contribution is -0.144. The van der Waals surface area contributed by atoms with Gasteiger partial charge in [-0.15, -0.1) is 0 Å². The third kappa shape index (κ3) is 3.96. The number of hydrogen-bond acceptors (Lipinski definition) is 3.